The van der Waals surface area contributed by atoms with E-state index in [1.54, 1.807) is 50.2 Å². The van der Waals surface area contributed by atoms with Gasteiger partial charge in [0.15, 0.2) is 28.5 Å². The molecule has 0 radical (unpaired) electrons. The number of hydrogen-bond donors (Lipinski definition) is 1. The topological polar surface area (TPSA) is 109 Å². The highest BCUT2D eigenvalue weighted by Gasteiger charge is 2.19. The minimum atomic E-state index is -0.558. The lowest BCUT2D eigenvalue weighted by molar-refractivity contribution is 0.355. The molecule has 1 N–H and O–H groups in total. The van der Waals surface area contributed by atoms with Crippen molar-refractivity contribution >= 4 is 11.2 Å². The van der Waals surface area contributed by atoms with E-state index in [1.807, 2.05) is 0 Å². The van der Waals surface area contributed by atoms with Crippen LogP contribution < -0.4 is 20.7 Å². The first-order valence-corrected chi connectivity index (χ1v) is 9.83. The molecule has 0 saturated heterocycles. The molecule has 0 fully saturated rings. The van der Waals surface area contributed by atoms with Gasteiger partial charge >= 0.3 is 5.69 Å². The lowest BCUT2D eigenvalue weighted by Crippen LogP contribution is -2.40. The maximum Gasteiger partial charge on any atom is 0.333 e. The van der Waals surface area contributed by atoms with Crippen LogP contribution >= 0.6 is 0 Å². The molecule has 0 atom stereocenters. The van der Waals surface area contributed by atoms with Crippen molar-refractivity contribution in [1.29, 1.82) is 0 Å². The number of nitrogens with zero attached hydrogens (tertiary/aromatic N) is 5. The Labute approximate surface area is 188 Å². The maximum absolute atomic E-state index is 13.1. The first-order valence-electron chi connectivity index (χ1n) is 9.83. The van der Waals surface area contributed by atoms with Crippen LogP contribution in [0, 0.1) is 24.2 Å². The smallest absolute Gasteiger partial charge is 0.333 e. The number of methoxy groups -OCH3 is 2. The highest BCUT2D eigenvalue weighted by Crippen LogP contribution is 2.27. The number of rotatable bonds is 5. The molecule has 4 aromatic rings. The number of imidazole rings is 2. The number of aromatic amines is 1. The SMILES string of the molecule is C#CCn1c(=O)c2c(nc(C#Cc3ccc(OC)c(OC)c3)n2C)n(Cc2cnc[nH]2)c1=O. The molecule has 0 aliphatic heterocycles. The maximum atomic E-state index is 13.1. The van der Waals surface area contributed by atoms with Gasteiger partial charge in [0.05, 0.1) is 39.3 Å². The number of aryl methyl sites for hydroxylation is 1. The Hall–Kier alpha value is -4.70. The molecule has 4 rings (SSSR count). The minimum absolute atomic E-state index is 0.139. The molecule has 0 aliphatic rings. The van der Waals surface area contributed by atoms with E-state index in [0.29, 0.717) is 28.6 Å². The standard InChI is InChI=1S/C23H20N6O4/c1-5-10-28-22(30)20-21(29(23(28)31)13-16-12-24-14-25-16)26-19(27(20)2)9-7-15-6-8-17(32-3)18(11-15)33-4/h1,6,8,11-12,14H,10,13H2,2-4H3,(H,24,25). The van der Waals surface area contributed by atoms with Gasteiger partial charge in [0.25, 0.3) is 5.56 Å². The van der Waals surface area contributed by atoms with Crippen molar-refractivity contribution < 1.29 is 9.47 Å². The van der Waals surface area contributed by atoms with Gasteiger partial charge in [-0.25, -0.2) is 19.3 Å². The second-order valence-corrected chi connectivity index (χ2v) is 7.03. The summed E-state index contributed by atoms with van der Waals surface area (Å²) < 4.78 is 14.5. The summed E-state index contributed by atoms with van der Waals surface area (Å²) in [7, 11) is 4.76. The van der Waals surface area contributed by atoms with Gasteiger partial charge < -0.3 is 19.0 Å². The van der Waals surface area contributed by atoms with Crippen molar-refractivity contribution in [1.82, 2.24) is 28.7 Å². The third-order valence-electron chi connectivity index (χ3n) is 5.08. The first-order chi connectivity index (χ1) is 16.0. The van der Waals surface area contributed by atoms with E-state index < -0.39 is 11.2 Å². The van der Waals surface area contributed by atoms with Crippen molar-refractivity contribution in [2.75, 3.05) is 14.2 Å². The third kappa shape index (κ3) is 3.86. The zero-order valence-electron chi connectivity index (χ0n) is 18.2. The number of ether oxygens (including phenoxy) is 2. The molecule has 10 nitrogen and oxygen atoms in total. The summed E-state index contributed by atoms with van der Waals surface area (Å²) in [6.45, 7) is -0.0197. The Morgan fingerprint density at radius 2 is 1.91 bits per heavy atom. The zero-order chi connectivity index (χ0) is 23.5. The van der Waals surface area contributed by atoms with E-state index in [9.17, 15) is 9.59 Å². The van der Waals surface area contributed by atoms with E-state index >= 15 is 0 Å². The van der Waals surface area contributed by atoms with Gasteiger partial charge in [0.1, 0.15) is 0 Å². The summed E-state index contributed by atoms with van der Waals surface area (Å²) in [5, 5.41) is 0. The average Bonchev–Trinajstić information content (AvgIpc) is 3.45. The molecule has 0 unspecified atom stereocenters. The predicted octanol–water partition coefficient (Wildman–Crippen LogP) is 0.718. The van der Waals surface area contributed by atoms with Crippen LogP contribution in [0.4, 0.5) is 0 Å². The summed E-state index contributed by atoms with van der Waals surface area (Å²) in [6, 6.07) is 5.27. The summed E-state index contributed by atoms with van der Waals surface area (Å²) in [4.78, 5) is 37.5. The molecule has 3 aromatic heterocycles. The molecular weight excluding hydrogens is 424 g/mol. The molecule has 166 valence electrons. The van der Waals surface area contributed by atoms with E-state index in [-0.39, 0.29) is 24.3 Å². The Morgan fingerprint density at radius 1 is 1.12 bits per heavy atom. The molecule has 0 amide bonds. The molecule has 3 heterocycles. The molecule has 10 heteroatoms. The fourth-order valence-electron chi connectivity index (χ4n) is 3.43. The van der Waals surface area contributed by atoms with Crippen molar-refractivity contribution in [2.24, 2.45) is 7.05 Å². The van der Waals surface area contributed by atoms with Gasteiger partial charge in [-0.2, -0.15) is 0 Å². The van der Waals surface area contributed by atoms with E-state index in [0.717, 1.165) is 4.57 Å². The van der Waals surface area contributed by atoms with Gasteiger partial charge in [0.2, 0.25) is 0 Å². The van der Waals surface area contributed by atoms with Crippen molar-refractivity contribution in [3.8, 4) is 35.7 Å². The minimum Gasteiger partial charge on any atom is -0.493 e. The summed E-state index contributed by atoms with van der Waals surface area (Å²) >= 11 is 0. The van der Waals surface area contributed by atoms with Crippen LogP contribution in [0.5, 0.6) is 11.5 Å². The number of benzene rings is 1. The number of aromatic nitrogens is 6. The number of H-pyrrole nitrogens is 1. The molecule has 0 saturated carbocycles. The van der Waals surface area contributed by atoms with Crippen molar-refractivity contribution in [2.45, 2.75) is 13.1 Å². The number of terminal acetylenes is 1. The molecular formula is C23H20N6O4. The van der Waals surface area contributed by atoms with Crippen LogP contribution in [-0.2, 0) is 20.1 Å². The average molecular weight is 444 g/mol. The molecule has 0 aliphatic carbocycles. The van der Waals surface area contributed by atoms with Gasteiger partial charge in [-0.3, -0.25) is 9.36 Å². The summed E-state index contributed by atoms with van der Waals surface area (Å²) in [5.74, 6) is 9.79. The molecule has 0 bridgehead atoms. The van der Waals surface area contributed by atoms with Crippen LogP contribution in [0.1, 0.15) is 17.1 Å². The van der Waals surface area contributed by atoms with Crippen molar-refractivity contribution in [3.63, 3.8) is 0 Å². The number of hydrogen-bond acceptors (Lipinski definition) is 6. The molecule has 1 aromatic carbocycles. The van der Waals surface area contributed by atoms with Gasteiger partial charge in [-0.15, -0.1) is 6.42 Å². The van der Waals surface area contributed by atoms with E-state index in [2.05, 4.69) is 32.7 Å². The zero-order valence-corrected chi connectivity index (χ0v) is 18.2. The largest absolute Gasteiger partial charge is 0.493 e. The Kier molecular flexibility index (Phi) is 5.75. The lowest BCUT2D eigenvalue weighted by atomic mass is 10.2. The summed E-state index contributed by atoms with van der Waals surface area (Å²) in [5.41, 5.74) is 0.695. The first kappa shape index (κ1) is 21.5. The molecule has 33 heavy (non-hydrogen) atoms. The monoisotopic (exact) mass is 444 g/mol. The Balaban J connectivity index is 1.89. The number of nitrogens with one attached hydrogen (secondary N) is 1. The van der Waals surface area contributed by atoms with Crippen LogP contribution in [0.2, 0.25) is 0 Å². The van der Waals surface area contributed by atoms with Crippen molar-refractivity contribution in [3.05, 3.63) is 68.6 Å². The third-order valence-corrected chi connectivity index (χ3v) is 5.08. The van der Waals surface area contributed by atoms with E-state index in [4.69, 9.17) is 15.9 Å². The molecule has 0 spiro atoms. The second kappa shape index (κ2) is 8.81. The van der Waals surface area contributed by atoms with Crippen LogP contribution in [0.15, 0.2) is 40.3 Å². The van der Waals surface area contributed by atoms with Crippen LogP contribution in [0.3, 0.4) is 0 Å². The van der Waals surface area contributed by atoms with Crippen LogP contribution in [-0.4, -0.2) is 42.9 Å². The lowest BCUT2D eigenvalue weighted by Gasteiger charge is -2.09. The fraction of sp³-hybridized carbons (Fsp3) is 0.217. The fourth-order valence-corrected chi connectivity index (χ4v) is 3.43. The van der Waals surface area contributed by atoms with Gasteiger partial charge in [0, 0.05) is 18.8 Å². The second-order valence-electron chi connectivity index (χ2n) is 7.03. The van der Waals surface area contributed by atoms with E-state index in [1.165, 1.54) is 10.9 Å². The van der Waals surface area contributed by atoms with Gasteiger partial charge in [-0.05, 0) is 24.1 Å². The Bertz CT molecular complexity index is 1560. The normalized spacial score (nSPS) is 10.5. The quantitative estimate of drug-likeness (QED) is 0.455. The predicted molar refractivity (Wildman–Crippen MR) is 121 cm³/mol. The summed E-state index contributed by atoms with van der Waals surface area (Å²) in [6.07, 6.45) is 8.49. The highest BCUT2D eigenvalue weighted by molar-refractivity contribution is 5.72. The Morgan fingerprint density at radius 3 is 2.58 bits per heavy atom. The van der Waals surface area contributed by atoms with Crippen LogP contribution in [0.25, 0.3) is 11.2 Å². The number of fused-ring (bicyclic) bond motifs is 1. The highest BCUT2D eigenvalue weighted by atomic mass is 16.5. The van der Waals surface area contributed by atoms with Gasteiger partial charge in [-0.1, -0.05) is 11.8 Å².